The van der Waals surface area contributed by atoms with Crippen LogP contribution in [0.2, 0.25) is 0 Å². The standard InChI is InChI=1S/C16H19NO3S/c1-17(11-13-7-10-21-12-13)8-2-9-20-15-5-3-14(4-6-15)16(18)19/h3-7,10,12H,2,8-9,11H2,1H3,(H,18,19). The molecule has 1 N–H and O–H groups in total. The Morgan fingerprint density at radius 3 is 2.67 bits per heavy atom. The number of carboxylic acid groups (broad SMARTS) is 1. The van der Waals surface area contributed by atoms with Gasteiger partial charge in [-0.05, 0) is 60.1 Å². The topological polar surface area (TPSA) is 49.8 Å². The van der Waals surface area contributed by atoms with Crippen molar-refractivity contribution in [3.05, 3.63) is 52.2 Å². The van der Waals surface area contributed by atoms with Crippen LogP contribution in [0.1, 0.15) is 22.3 Å². The highest BCUT2D eigenvalue weighted by molar-refractivity contribution is 7.07. The van der Waals surface area contributed by atoms with Crippen LogP contribution in [0.5, 0.6) is 5.75 Å². The number of benzene rings is 1. The molecule has 0 amide bonds. The van der Waals surface area contributed by atoms with E-state index in [1.54, 1.807) is 35.6 Å². The van der Waals surface area contributed by atoms with Crippen LogP contribution in [0.15, 0.2) is 41.1 Å². The predicted molar refractivity (Wildman–Crippen MR) is 84.2 cm³/mol. The van der Waals surface area contributed by atoms with E-state index < -0.39 is 5.97 Å². The van der Waals surface area contributed by atoms with Crippen LogP contribution in [0.4, 0.5) is 0 Å². The second kappa shape index (κ2) is 7.81. The smallest absolute Gasteiger partial charge is 0.335 e. The molecule has 2 rings (SSSR count). The van der Waals surface area contributed by atoms with Crippen molar-refractivity contribution in [2.45, 2.75) is 13.0 Å². The van der Waals surface area contributed by atoms with Gasteiger partial charge in [0.2, 0.25) is 0 Å². The maximum Gasteiger partial charge on any atom is 0.335 e. The number of hydrogen-bond acceptors (Lipinski definition) is 4. The van der Waals surface area contributed by atoms with Crippen LogP contribution in [-0.2, 0) is 6.54 Å². The Bertz CT molecular complexity index is 551. The summed E-state index contributed by atoms with van der Waals surface area (Å²) in [6, 6.07) is 8.64. The van der Waals surface area contributed by atoms with Crippen molar-refractivity contribution < 1.29 is 14.6 Å². The molecule has 0 fully saturated rings. The molecule has 0 aliphatic carbocycles. The first-order valence-corrected chi connectivity index (χ1v) is 7.75. The van der Waals surface area contributed by atoms with E-state index in [1.165, 1.54) is 5.56 Å². The van der Waals surface area contributed by atoms with Crippen LogP contribution in [-0.4, -0.2) is 36.2 Å². The molecule has 5 heteroatoms. The molecule has 112 valence electrons. The lowest BCUT2D eigenvalue weighted by molar-refractivity contribution is 0.0697. The normalized spacial score (nSPS) is 10.8. The lowest BCUT2D eigenvalue weighted by atomic mass is 10.2. The Morgan fingerprint density at radius 1 is 1.29 bits per heavy atom. The minimum absolute atomic E-state index is 0.276. The molecule has 0 radical (unpaired) electrons. The molecule has 0 saturated heterocycles. The summed E-state index contributed by atoms with van der Waals surface area (Å²) in [4.78, 5) is 13.0. The summed E-state index contributed by atoms with van der Waals surface area (Å²) in [6.07, 6.45) is 0.932. The highest BCUT2D eigenvalue weighted by Crippen LogP contribution is 2.13. The maximum absolute atomic E-state index is 10.7. The highest BCUT2D eigenvalue weighted by atomic mass is 32.1. The molecule has 1 aromatic carbocycles. The minimum Gasteiger partial charge on any atom is -0.494 e. The summed E-state index contributed by atoms with van der Waals surface area (Å²) < 4.78 is 5.61. The third-order valence-corrected chi connectivity index (χ3v) is 3.82. The van der Waals surface area contributed by atoms with Gasteiger partial charge in [0.25, 0.3) is 0 Å². The molecule has 21 heavy (non-hydrogen) atoms. The lowest BCUT2D eigenvalue weighted by Gasteiger charge is -2.15. The summed E-state index contributed by atoms with van der Waals surface area (Å²) >= 11 is 1.72. The minimum atomic E-state index is -0.920. The predicted octanol–water partition coefficient (Wildman–Crippen LogP) is 3.35. The highest BCUT2D eigenvalue weighted by Gasteiger charge is 2.03. The molecular formula is C16H19NO3S. The van der Waals surface area contributed by atoms with Crippen LogP contribution in [0, 0.1) is 0 Å². The Kier molecular flexibility index (Phi) is 5.78. The van der Waals surface area contributed by atoms with E-state index in [9.17, 15) is 4.79 Å². The zero-order chi connectivity index (χ0) is 15.1. The molecule has 0 atom stereocenters. The van der Waals surface area contributed by atoms with Gasteiger partial charge in [-0.2, -0.15) is 11.3 Å². The third-order valence-electron chi connectivity index (χ3n) is 3.09. The van der Waals surface area contributed by atoms with Gasteiger partial charge in [0, 0.05) is 13.1 Å². The van der Waals surface area contributed by atoms with Crippen molar-refractivity contribution in [2.24, 2.45) is 0 Å². The molecule has 0 saturated carbocycles. The van der Waals surface area contributed by atoms with Crippen LogP contribution < -0.4 is 4.74 Å². The van der Waals surface area contributed by atoms with E-state index in [4.69, 9.17) is 9.84 Å². The zero-order valence-corrected chi connectivity index (χ0v) is 12.8. The lowest BCUT2D eigenvalue weighted by Crippen LogP contribution is -2.20. The van der Waals surface area contributed by atoms with Gasteiger partial charge >= 0.3 is 5.97 Å². The van der Waals surface area contributed by atoms with E-state index in [1.807, 2.05) is 0 Å². The molecule has 0 spiro atoms. The summed E-state index contributed by atoms with van der Waals surface area (Å²) in [5, 5.41) is 13.1. The van der Waals surface area contributed by atoms with Gasteiger partial charge in [0.1, 0.15) is 5.75 Å². The van der Waals surface area contributed by atoms with Gasteiger partial charge < -0.3 is 14.7 Å². The Morgan fingerprint density at radius 2 is 2.05 bits per heavy atom. The number of rotatable bonds is 8. The number of aromatic carboxylic acids is 1. The fourth-order valence-corrected chi connectivity index (χ4v) is 2.65. The number of carbonyl (C=O) groups is 1. The van der Waals surface area contributed by atoms with E-state index in [0.717, 1.165) is 19.5 Å². The van der Waals surface area contributed by atoms with E-state index in [2.05, 4.69) is 28.8 Å². The first-order chi connectivity index (χ1) is 10.1. The second-order valence-corrected chi connectivity index (χ2v) is 5.68. The number of carboxylic acids is 1. The van der Waals surface area contributed by atoms with E-state index in [0.29, 0.717) is 12.4 Å². The average Bonchev–Trinajstić information content (AvgIpc) is 2.97. The molecular weight excluding hydrogens is 286 g/mol. The second-order valence-electron chi connectivity index (χ2n) is 4.90. The van der Waals surface area contributed by atoms with Crippen LogP contribution in [0.3, 0.4) is 0 Å². The Hall–Kier alpha value is -1.85. The number of thiophene rings is 1. The van der Waals surface area contributed by atoms with Gasteiger partial charge in [-0.15, -0.1) is 0 Å². The summed E-state index contributed by atoms with van der Waals surface area (Å²) in [5.74, 6) is -0.211. The molecule has 4 nitrogen and oxygen atoms in total. The third kappa shape index (κ3) is 5.21. The van der Waals surface area contributed by atoms with Crippen molar-refractivity contribution in [3.63, 3.8) is 0 Å². The summed E-state index contributed by atoms with van der Waals surface area (Å²) in [5.41, 5.74) is 1.62. The molecule has 0 bridgehead atoms. The molecule has 0 aliphatic heterocycles. The fourth-order valence-electron chi connectivity index (χ4n) is 1.99. The average molecular weight is 305 g/mol. The molecule has 1 aromatic heterocycles. The summed E-state index contributed by atoms with van der Waals surface area (Å²) in [7, 11) is 2.10. The molecule has 0 aliphatic rings. The van der Waals surface area contributed by atoms with Crippen molar-refractivity contribution in [3.8, 4) is 5.75 Å². The van der Waals surface area contributed by atoms with Crippen LogP contribution >= 0.6 is 11.3 Å². The van der Waals surface area contributed by atoms with Gasteiger partial charge in [-0.25, -0.2) is 4.79 Å². The number of ether oxygens (including phenoxy) is 1. The number of nitrogens with zero attached hydrogens (tertiary/aromatic N) is 1. The largest absolute Gasteiger partial charge is 0.494 e. The van der Waals surface area contributed by atoms with Crippen LogP contribution in [0.25, 0.3) is 0 Å². The fraction of sp³-hybridized carbons (Fsp3) is 0.312. The monoisotopic (exact) mass is 305 g/mol. The van der Waals surface area contributed by atoms with Gasteiger partial charge in [0.05, 0.1) is 12.2 Å². The van der Waals surface area contributed by atoms with Gasteiger partial charge in [-0.1, -0.05) is 0 Å². The quantitative estimate of drug-likeness (QED) is 0.760. The SMILES string of the molecule is CN(CCCOc1ccc(C(=O)O)cc1)Cc1ccsc1. The first-order valence-electron chi connectivity index (χ1n) is 6.81. The van der Waals surface area contributed by atoms with Gasteiger partial charge in [0.15, 0.2) is 0 Å². The first kappa shape index (κ1) is 15.5. The van der Waals surface area contributed by atoms with E-state index >= 15 is 0 Å². The number of hydrogen-bond donors (Lipinski definition) is 1. The molecule has 0 unspecified atom stereocenters. The Labute approximate surface area is 128 Å². The van der Waals surface area contributed by atoms with Gasteiger partial charge in [-0.3, -0.25) is 0 Å². The Balaban J connectivity index is 1.66. The molecule has 1 heterocycles. The molecule has 2 aromatic rings. The maximum atomic E-state index is 10.7. The van der Waals surface area contributed by atoms with Crippen molar-refractivity contribution in [1.82, 2.24) is 4.90 Å². The van der Waals surface area contributed by atoms with E-state index in [-0.39, 0.29) is 5.56 Å². The van der Waals surface area contributed by atoms with Crippen molar-refractivity contribution in [1.29, 1.82) is 0 Å². The zero-order valence-electron chi connectivity index (χ0n) is 12.0. The van der Waals surface area contributed by atoms with Crippen molar-refractivity contribution in [2.75, 3.05) is 20.2 Å². The van der Waals surface area contributed by atoms with Crippen molar-refractivity contribution >= 4 is 17.3 Å². The summed E-state index contributed by atoms with van der Waals surface area (Å²) in [6.45, 7) is 2.54.